The summed E-state index contributed by atoms with van der Waals surface area (Å²) in [5.41, 5.74) is -1.44. The Morgan fingerprint density at radius 3 is 2.35 bits per heavy atom. The summed E-state index contributed by atoms with van der Waals surface area (Å²) in [6.07, 6.45) is -7.85. The van der Waals surface area contributed by atoms with Gasteiger partial charge < -0.3 is 13.5 Å². The Balaban J connectivity index is 0.00000361. The Kier molecular flexibility index (Phi) is 7.96. The Morgan fingerprint density at radius 2 is 1.90 bits per heavy atom. The fourth-order valence-corrected chi connectivity index (χ4v) is 1.47. The Bertz CT molecular complexity index is 468. The monoisotopic (exact) mass is 328 g/mol. The van der Waals surface area contributed by atoms with E-state index in [2.05, 4.69) is 8.92 Å². The summed E-state index contributed by atoms with van der Waals surface area (Å²) >= 11 is -3.30. The first-order chi connectivity index (χ1) is 8.71. The molecule has 0 amide bonds. The fraction of sp³-hybridized carbons (Fsp3) is 0.333. The van der Waals surface area contributed by atoms with E-state index >= 15 is 0 Å². The maximum absolute atomic E-state index is 12.6. The zero-order chi connectivity index (χ0) is 14.6. The molecule has 20 heavy (non-hydrogen) atoms. The molecule has 0 saturated carbocycles. The van der Waals surface area contributed by atoms with Crippen molar-refractivity contribution in [1.82, 2.24) is 0 Å². The molecule has 0 aliphatic carbocycles. The summed E-state index contributed by atoms with van der Waals surface area (Å²) in [7, 11) is 0. The predicted molar refractivity (Wildman–Crippen MR) is 52.5 cm³/mol. The van der Waals surface area contributed by atoms with E-state index in [1.54, 1.807) is 0 Å². The molecule has 1 aromatic carbocycles. The second-order valence-electron chi connectivity index (χ2n) is 3.12. The molecule has 0 aromatic heterocycles. The van der Waals surface area contributed by atoms with Crippen molar-refractivity contribution in [3.8, 4) is 11.5 Å². The minimum absolute atomic E-state index is 0. The van der Waals surface area contributed by atoms with Gasteiger partial charge in [0.05, 0.1) is 0 Å². The van der Waals surface area contributed by atoms with Crippen molar-refractivity contribution in [3.63, 3.8) is 0 Å². The van der Waals surface area contributed by atoms with Crippen molar-refractivity contribution >= 4 is 11.4 Å². The van der Waals surface area contributed by atoms with Crippen molar-refractivity contribution in [1.29, 1.82) is 0 Å². The summed E-state index contributed by atoms with van der Waals surface area (Å²) in [5.74, 6) is -1.91. The molecule has 0 N–H and O–H groups in total. The van der Waals surface area contributed by atoms with Crippen LogP contribution in [0.4, 0.5) is 22.0 Å². The largest absolute Gasteiger partial charge is 1.00 e. The van der Waals surface area contributed by atoms with Crippen LogP contribution in [0.5, 0.6) is 11.5 Å². The van der Waals surface area contributed by atoms with E-state index in [9.17, 15) is 30.7 Å². The molecular weight excluding hydrogens is 322 g/mol. The molecule has 0 spiro atoms. The molecule has 0 saturated heterocycles. The third-order valence-corrected chi connectivity index (χ3v) is 2.10. The van der Waals surface area contributed by atoms with Crippen molar-refractivity contribution in [2.45, 2.75) is 12.6 Å². The van der Waals surface area contributed by atoms with E-state index in [0.717, 1.165) is 12.1 Å². The minimum atomic E-state index is -4.92. The second kappa shape index (κ2) is 8.13. The summed E-state index contributed by atoms with van der Waals surface area (Å²) in [4.78, 5) is 0. The smallest absolute Gasteiger partial charge is 0.740 e. The summed E-state index contributed by atoms with van der Waals surface area (Å²) in [5, 5.41) is 0. The van der Waals surface area contributed by atoms with Crippen LogP contribution >= 0.6 is 0 Å². The quantitative estimate of drug-likeness (QED) is 0.416. The molecule has 108 valence electrons. The first kappa shape index (κ1) is 19.6. The average Bonchev–Trinajstić information content (AvgIpc) is 2.25. The number of hydrogen-bond acceptors (Lipinski definition) is 4. The number of hydrogen-bond donors (Lipinski definition) is 0. The van der Waals surface area contributed by atoms with E-state index in [0.29, 0.717) is 6.07 Å². The molecule has 1 rings (SSSR count). The van der Waals surface area contributed by atoms with Gasteiger partial charge in [0.15, 0.2) is 11.5 Å². The Morgan fingerprint density at radius 1 is 1.30 bits per heavy atom. The van der Waals surface area contributed by atoms with Gasteiger partial charge in [0.1, 0.15) is 23.5 Å². The van der Waals surface area contributed by atoms with Crippen LogP contribution in [0.1, 0.15) is 5.56 Å². The van der Waals surface area contributed by atoms with Crippen LogP contribution in [0.2, 0.25) is 0 Å². The molecule has 0 bridgehead atoms. The van der Waals surface area contributed by atoms with Gasteiger partial charge in [-0.25, -0.2) is 13.0 Å². The van der Waals surface area contributed by atoms with Crippen LogP contribution in [0.3, 0.4) is 0 Å². The second-order valence-corrected chi connectivity index (χ2v) is 3.70. The maximum Gasteiger partial charge on any atom is 1.00 e. The maximum atomic E-state index is 12.6. The standard InChI is InChI=1S/C9H7F5O4S.Na/c10-7(11)4-17-6-3-1-2-5(9(12,13)14)8(6)18-19(15)16;/h1-3,7H,4H2,(H,15,16);/q;+1/p-1. The van der Waals surface area contributed by atoms with Gasteiger partial charge in [-0.1, -0.05) is 6.07 Å². The number of ether oxygens (including phenoxy) is 1. The van der Waals surface area contributed by atoms with Crippen molar-refractivity contribution in [2.24, 2.45) is 0 Å². The fourth-order valence-electron chi connectivity index (χ4n) is 1.16. The van der Waals surface area contributed by atoms with Gasteiger partial charge in [0.2, 0.25) is 0 Å². The number of rotatable bonds is 5. The first-order valence-electron chi connectivity index (χ1n) is 4.60. The third kappa shape index (κ3) is 5.92. The van der Waals surface area contributed by atoms with E-state index < -0.39 is 47.6 Å². The molecular formula is C9H6F5NaO4S. The predicted octanol–water partition coefficient (Wildman–Crippen LogP) is -0.474. The molecule has 1 unspecified atom stereocenters. The molecule has 0 aliphatic rings. The van der Waals surface area contributed by atoms with Gasteiger partial charge in [-0.05, 0) is 12.1 Å². The number of para-hydroxylation sites is 1. The summed E-state index contributed by atoms with van der Waals surface area (Å²) in [6, 6.07) is 2.31. The van der Waals surface area contributed by atoms with E-state index in [4.69, 9.17) is 0 Å². The van der Waals surface area contributed by atoms with Gasteiger partial charge >= 0.3 is 35.7 Å². The van der Waals surface area contributed by atoms with Crippen LogP contribution in [0.25, 0.3) is 0 Å². The Hall–Kier alpha value is -0.420. The van der Waals surface area contributed by atoms with Crippen LogP contribution in [0.15, 0.2) is 18.2 Å². The zero-order valence-corrected chi connectivity index (χ0v) is 12.8. The summed E-state index contributed by atoms with van der Waals surface area (Å²) < 4.78 is 90.7. The summed E-state index contributed by atoms with van der Waals surface area (Å²) in [6.45, 7) is -1.19. The van der Waals surface area contributed by atoms with Crippen molar-refractivity contribution in [3.05, 3.63) is 23.8 Å². The Labute approximate surface area is 135 Å². The van der Waals surface area contributed by atoms with Gasteiger partial charge in [-0.3, -0.25) is 0 Å². The van der Waals surface area contributed by atoms with Crippen LogP contribution in [0, 0.1) is 0 Å². The molecule has 0 fully saturated rings. The molecule has 11 heteroatoms. The van der Waals surface area contributed by atoms with Crippen molar-refractivity contribution in [2.75, 3.05) is 6.61 Å². The van der Waals surface area contributed by atoms with Crippen LogP contribution < -0.4 is 38.5 Å². The molecule has 1 aromatic rings. The molecule has 0 radical (unpaired) electrons. The van der Waals surface area contributed by atoms with E-state index in [-0.39, 0.29) is 29.6 Å². The molecule has 0 heterocycles. The first-order valence-corrected chi connectivity index (χ1v) is 5.60. The SMILES string of the molecule is O=S([O-])Oc1c(OCC(F)F)cccc1C(F)(F)F.[Na+]. The van der Waals surface area contributed by atoms with Crippen LogP contribution in [-0.4, -0.2) is 21.8 Å². The van der Waals surface area contributed by atoms with E-state index in [1.807, 2.05) is 0 Å². The van der Waals surface area contributed by atoms with Gasteiger partial charge in [-0.15, -0.1) is 0 Å². The number of benzene rings is 1. The third-order valence-electron chi connectivity index (χ3n) is 1.80. The normalized spacial score (nSPS) is 12.8. The topological polar surface area (TPSA) is 58.6 Å². The number of alkyl halides is 5. The van der Waals surface area contributed by atoms with Gasteiger partial charge in [0.25, 0.3) is 6.43 Å². The zero-order valence-electron chi connectivity index (χ0n) is 9.95. The number of halogens is 5. The molecule has 0 aliphatic heterocycles. The minimum Gasteiger partial charge on any atom is -0.740 e. The average molecular weight is 328 g/mol. The van der Waals surface area contributed by atoms with Gasteiger partial charge in [0, 0.05) is 0 Å². The molecule has 1 atom stereocenters. The van der Waals surface area contributed by atoms with Gasteiger partial charge in [-0.2, -0.15) is 13.2 Å². The van der Waals surface area contributed by atoms with Crippen molar-refractivity contribution < 1.29 is 69.2 Å². The molecule has 4 nitrogen and oxygen atoms in total. The van der Waals surface area contributed by atoms with E-state index in [1.165, 1.54) is 0 Å². The van der Waals surface area contributed by atoms with Crippen LogP contribution in [-0.2, 0) is 17.5 Å².